The minimum absolute atomic E-state index is 0.156. The lowest BCUT2D eigenvalue weighted by atomic mass is 10.1. The predicted octanol–water partition coefficient (Wildman–Crippen LogP) is 4.40. The number of imidazole rings is 1. The van der Waals surface area contributed by atoms with Crippen LogP contribution >= 0.6 is 0 Å². The van der Waals surface area contributed by atoms with Crippen LogP contribution in [-0.2, 0) is 4.79 Å². The zero-order valence-corrected chi connectivity index (χ0v) is 17.1. The maximum Gasteiger partial charge on any atom is 0.261 e. The maximum atomic E-state index is 12.7. The van der Waals surface area contributed by atoms with E-state index < -0.39 is 0 Å². The molecule has 0 saturated heterocycles. The molecule has 8 nitrogen and oxygen atoms in total. The standard InChI is InChI=1S/C24H19N5O3/c1-13(30)26-14-5-4-6-15(11-14)32-16-9-10-19-20(12-16)28-23(27-19)21-22(25)17-7-2-3-8-18(17)29-24(21)31/h2-12H,1H3,(H,26,30)(H,27,28)(H3,25,29,31). The second-order valence-electron chi connectivity index (χ2n) is 7.36. The molecule has 8 heteroatoms. The van der Waals surface area contributed by atoms with Gasteiger partial charge in [-0.25, -0.2) is 4.98 Å². The lowest BCUT2D eigenvalue weighted by Crippen LogP contribution is -2.13. The molecule has 2 heterocycles. The number of para-hydroxylation sites is 1. The summed E-state index contributed by atoms with van der Waals surface area (Å²) in [7, 11) is 0. The van der Waals surface area contributed by atoms with E-state index in [0.29, 0.717) is 50.8 Å². The minimum atomic E-state index is -0.313. The van der Waals surface area contributed by atoms with E-state index in [4.69, 9.17) is 10.5 Å². The van der Waals surface area contributed by atoms with Crippen molar-refractivity contribution >= 4 is 39.2 Å². The van der Waals surface area contributed by atoms with Crippen LogP contribution in [0.4, 0.5) is 11.4 Å². The van der Waals surface area contributed by atoms with Crippen LogP contribution in [0.15, 0.2) is 71.5 Å². The third-order valence-corrected chi connectivity index (χ3v) is 5.04. The molecule has 2 aromatic heterocycles. The van der Waals surface area contributed by atoms with Crippen molar-refractivity contribution in [3.63, 3.8) is 0 Å². The molecule has 5 aromatic rings. The molecule has 0 unspecified atom stereocenters. The van der Waals surface area contributed by atoms with Crippen molar-refractivity contribution in [2.75, 3.05) is 11.1 Å². The first-order valence-corrected chi connectivity index (χ1v) is 9.94. The topological polar surface area (TPSA) is 126 Å². The average molecular weight is 425 g/mol. The summed E-state index contributed by atoms with van der Waals surface area (Å²) in [6.07, 6.45) is 0. The van der Waals surface area contributed by atoms with Crippen molar-refractivity contribution in [3.05, 3.63) is 77.1 Å². The summed E-state index contributed by atoms with van der Waals surface area (Å²) < 4.78 is 5.94. The molecule has 5 rings (SSSR count). The van der Waals surface area contributed by atoms with Crippen LogP contribution in [0.5, 0.6) is 11.5 Å². The largest absolute Gasteiger partial charge is 0.457 e. The highest BCUT2D eigenvalue weighted by atomic mass is 16.5. The number of ether oxygens (including phenoxy) is 1. The molecular weight excluding hydrogens is 406 g/mol. The number of H-pyrrole nitrogens is 2. The third kappa shape index (κ3) is 3.54. The highest BCUT2D eigenvalue weighted by Crippen LogP contribution is 2.30. The SMILES string of the molecule is CC(=O)Nc1cccc(Oc2ccc3nc(-c4c(N)c5ccccc5[nH]c4=O)[nH]c3c2)c1. The number of pyridine rings is 1. The molecule has 1 amide bonds. The summed E-state index contributed by atoms with van der Waals surface area (Å²) in [5.74, 6) is 1.38. The zero-order chi connectivity index (χ0) is 22.2. The Bertz CT molecular complexity index is 1550. The van der Waals surface area contributed by atoms with E-state index in [2.05, 4.69) is 20.3 Å². The van der Waals surface area contributed by atoms with Gasteiger partial charge in [0.15, 0.2) is 0 Å². The number of carbonyl (C=O) groups is 1. The Morgan fingerprint density at radius 3 is 2.62 bits per heavy atom. The van der Waals surface area contributed by atoms with Crippen molar-refractivity contribution in [1.29, 1.82) is 0 Å². The molecule has 0 spiro atoms. The van der Waals surface area contributed by atoms with E-state index in [-0.39, 0.29) is 11.5 Å². The van der Waals surface area contributed by atoms with Crippen LogP contribution in [0, 0.1) is 0 Å². The highest BCUT2D eigenvalue weighted by molar-refractivity contribution is 5.97. The van der Waals surface area contributed by atoms with Gasteiger partial charge in [0.25, 0.3) is 5.56 Å². The Hall–Kier alpha value is -4.59. The Labute approximate surface area is 182 Å². The molecule has 32 heavy (non-hydrogen) atoms. The molecular formula is C24H19N5O3. The van der Waals surface area contributed by atoms with Gasteiger partial charge in [-0.3, -0.25) is 9.59 Å². The Morgan fingerprint density at radius 2 is 1.78 bits per heavy atom. The molecule has 5 N–H and O–H groups in total. The number of aromatic nitrogens is 3. The molecule has 158 valence electrons. The van der Waals surface area contributed by atoms with Gasteiger partial charge in [0.1, 0.15) is 22.9 Å². The number of fused-ring (bicyclic) bond motifs is 2. The van der Waals surface area contributed by atoms with Crippen LogP contribution in [0.25, 0.3) is 33.3 Å². The second kappa shape index (κ2) is 7.59. The number of nitrogen functional groups attached to an aromatic ring is 1. The number of rotatable bonds is 4. The van der Waals surface area contributed by atoms with Gasteiger partial charge in [-0.2, -0.15) is 0 Å². The molecule has 0 aliphatic heterocycles. The number of hydrogen-bond donors (Lipinski definition) is 4. The van der Waals surface area contributed by atoms with Crippen molar-refractivity contribution in [2.24, 2.45) is 0 Å². The van der Waals surface area contributed by atoms with E-state index in [9.17, 15) is 9.59 Å². The first-order chi connectivity index (χ1) is 15.5. The van der Waals surface area contributed by atoms with Gasteiger partial charge >= 0.3 is 0 Å². The van der Waals surface area contributed by atoms with Gasteiger partial charge in [-0.1, -0.05) is 24.3 Å². The summed E-state index contributed by atoms with van der Waals surface area (Å²) in [6, 6.07) is 19.8. The molecule has 0 aliphatic rings. The summed E-state index contributed by atoms with van der Waals surface area (Å²) in [4.78, 5) is 34.5. The third-order valence-electron chi connectivity index (χ3n) is 5.04. The predicted molar refractivity (Wildman–Crippen MR) is 125 cm³/mol. The van der Waals surface area contributed by atoms with Crippen molar-refractivity contribution in [1.82, 2.24) is 15.0 Å². The lowest BCUT2D eigenvalue weighted by molar-refractivity contribution is -0.114. The van der Waals surface area contributed by atoms with Crippen molar-refractivity contribution in [3.8, 4) is 22.9 Å². The molecule has 3 aromatic carbocycles. The second-order valence-corrected chi connectivity index (χ2v) is 7.36. The number of benzene rings is 3. The zero-order valence-electron chi connectivity index (χ0n) is 17.1. The maximum absolute atomic E-state index is 12.7. The summed E-state index contributed by atoms with van der Waals surface area (Å²) in [5, 5.41) is 3.48. The summed E-state index contributed by atoms with van der Waals surface area (Å²) >= 11 is 0. The minimum Gasteiger partial charge on any atom is -0.457 e. The number of aromatic amines is 2. The number of nitrogens with one attached hydrogen (secondary N) is 3. The Balaban J connectivity index is 1.51. The fraction of sp³-hybridized carbons (Fsp3) is 0.0417. The van der Waals surface area contributed by atoms with Gasteiger partial charge in [0.05, 0.1) is 22.2 Å². The smallest absolute Gasteiger partial charge is 0.261 e. The van der Waals surface area contributed by atoms with E-state index >= 15 is 0 Å². The quantitative estimate of drug-likeness (QED) is 0.339. The monoisotopic (exact) mass is 425 g/mol. The highest BCUT2D eigenvalue weighted by Gasteiger charge is 2.16. The number of nitrogens with zero attached hydrogens (tertiary/aromatic N) is 1. The number of nitrogens with two attached hydrogens (primary N) is 1. The van der Waals surface area contributed by atoms with Crippen LogP contribution in [0.2, 0.25) is 0 Å². The van der Waals surface area contributed by atoms with Crippen molar-refractivity contribution < 1.29 is 9.53 Å². The molecule has 0 fully saturated rings. The molecule has 0 radical (unpaired) electrons. The fourth-order valence-corrected chi connectivity index (χ4v) is 3.65. The first-order valence-electron chi connectivity index (χ1n) is 9.94. The molecule has 0 atom stereocenters. The number of amides is 1. The Kier molecular flexibility index (Phi) is 4.59. The first kappa shape index (κ1) is 19.4. The van der Waals surface area contributed by atoms with E-state index in [1.807, 2.05) is 18.2 Å². The van der Waals surface area contributed by atoms with E-state index in [1.165, 1.54) is 6.92 Å². The van der Waals surface area contributed by atoms with Gasteiger partial charge in [0.2, 0.25) is 5.91 Å². The van der Waals surface area contributed by atoms with Crippen LogP contribution in [-0.4, -0.2) is 20.9 Å². The molecule has 0 saturated carbocycles. The van der Waals surface area contributed by atoms with Gasteiger partial charge in [-0.05, 0) is 30.3 Å². The fourth-order valence-electron chi connectivity index (χ4n) is 3.65. The van der Waals surface area contributed by atoms with Gasteiger partial charge in [0, 0.05) is 30.1 Å². The van der Waals surface area contributed by atoms with Gasteiger partial charge in [-0.15, -0.1) is 0 Å². The van der Waals surface area contributed by atoms with Crippen LogP contribution < -0.4 is 21.3 Å². The normalized spacial score (nSPS) is 11.0. The van der Waals surface area contributed by atoms with Crippen molar-refractivity contribution in [2.45, 2.75) is 6.92 Å². The molecule has 0 aliphatic carbocycles. The number of hydrogen-bond acceptors (Lipinski definition) is 5. The summed E-state index contributed by atoms with van der Waals surface area (Å²) in [6.45, 7) is 1.45. The molecule has 0 bridgehead atoms. The Morgan fingerprint density at radius 1 is 0.969 bits per heavy atom. The van der Waals surface area contributed by atoms with Gasteiger partial charge < -0.3 is 25.8 Å². The summed E-state index contributed by atoms with van der Waals surface area (Å²) in [5.41, 5.74) is 9.36. The van der Waals surface area contributed by atoms with Crippen LogP contribution in [0.1, 0.15) is 6.92 Å². The van der Waals surface area contributed by atoms with Crippen LogP contribution in [0.3, 0.4) is 0 Å². The average Bonchev–Trinajstić information content (AvgIpc) is 3.16. The number of anilines is 2. The van der Waals surface area contributed by atoms with E-state index in [1.54, 1.807) is 48.5 Å². The lowest BCUT2D eigenvalue weighted by Gasteiger charge is -2.08. The van der Waals surface area contributed by atoms with E-state index in [0.717, 1.165) is 5.39 Å². The number of carbonyl (C=O) groups excluding carboxylic acids is 1.